The predicted octanol–water partition coefficient (Wildman–Crippen LogP) is 3.72. The molecule has 0 fully saturated rings. The SMILES string of the molecule is CC(=O)c1cccc(NC(=O)[C@H](C)OC(=O)/C=C/c2cnn(Cc3ccccc3)c2)c1. The maximum Gasteiger partial charge on any atom is 0.331 e. The minimum atomic E-state index is -1.00. The van der Waals surface area contributed by atoms with Gasteiger partial charge in [0.05, 0.1) is 12.7 Å². The highest BCUT2D eigenvalue weighted by Gasteiger charge is 2.17. The van der Waals surface area contributed by atoms with Crippen molar-refractivity contribution in [3.8, 4) is 0 Å². The van der Waals surface area contributed by atoms with E-state index in [4.69, 9.17) is 4.74 Å². The largest absolute Gasteiger partial charge is 0.449 e. The summed E-state index contributed by atoms with van der Waals surface area (Å²) in [5.41, 5.74) is 2.81. The number of hydrogen-bond acceptors (Lipinski definition) is 5. The van der Waals surface area contributed by atoms with Crippen LogP contribution in [0.1, 0.15) is 35.3 Å². The van der Waals surface area contributed by atoms with E-state index < -0.39 is 18.0 Å². The van der Waals surface area contributed by atoms with Crippen molar-refractivity contribution in [2.75, 3.05) is 5.32 Å². The van der Waals surface area contributed by atoms with Crippen LogP contribution in [0, 0.1) is 0 Å². The normalized spacial score (nSPS) is 11.8. The first-order valence-electron chi connectivity index (χ1n) is 9.77. The summed E-state index contributed by atoms with van der Waals surface area (Å²) in [4.78, 5) is 35.8. The first-order chi connectivity index (χ1) is 14.9. The number of nitrogens with zero attached hydrogens (tertiary/aromatic N) is 2. The van der Waals surface area contributed by atoms with Crippen LogP contribution in [0.4, 0.5) is 5.69 Å². The van der Waals surface area contributed by atoms with E-state index in [1.54, 1.807) is 41.2 Å². The van der Waals surface area contributed by atoms with E-state index >= 15 is 0 Å². The number of carbonyl (C=O) groups is 3. The molecule has 0 radical (unpaired) electrons. The second-order valence-electron chi connectivity index (χ2n) is 7.00. The molecule has 0 aliphatic rings. The number of rotatable bonds is 8. The molecule has 0 aliphatic heterocycles. The Morgan fingerprint density at radius 1 is 1.13 bits per heavy atom. The molecule has 0 spiro atoms. The minimum Gasteiger partial charge on any atom is -0.449 e. The van der Waals surface area contributed by atoms with Gasteiger partial charge in [-0.1, -0.05) is 42.5 Å². The lowest BCUT2D eigenvalue weighted by atomic mass is 10.1. The number of ketones is 1. The van der Waals surface area contributed by atoms with Gasteiger partial charge in [-0.3, -0.25) is 14.3 Å². The average Bonchev–Trinajstić information content (AvgIpc) is 3.20. The Hall–Kier alpha value is -4.00. The van der Waals surface area contributed by atoms with Crippen LogP contribution in [0.25, 0.3) is 6.08 Å². The van der Waals surface area contributed by atoms with Crippen LogP contribution in [0.15, 0.2) is 73.1 Å². The highest BCUT2D eigenvalue weighted by molar-refractivity contribution is 5.99. The Labute approximate surface area is 180 Å². The highest BCUT2D eigenvalue weighted by Crippen LogP contribution is 2.12. The third-order valence-electron chi connectivity index (χ3n) is 4.45. The highest BCUT2D eigenvalue weighted by atomic mass is 16.5. The number of ether oxygens (including phenoxy) is 1. The van der Waals surface area contributed by atoms with Crippen molar-refractivity contribution in [1.82, 2.24) is 9.78 Å². The third-order valence-corrected chi connectivity index (χ3v) is 4.45. The number of nitrogens with one attached hydrogen (secondary N) is 1. The van der Waals surface area contributed by atoms with E-state index in [1.807, 2.05) is 36.5 Å². The van der Waals surface area contributed by atoms with Gasteiger partial charge < -0.3 is 10.1 Å². The molecule has 0 saturated carbocycles. The molecule has 1 heterocycles. The second kappa shape index (κ2) is 10.2. The van der Waals surface area contributed by atoms with E-state index in [0.717, 1.165) is 11.1 Å². The fourth-order valence-electron chi connectivity index (χ4n) is 2.81. The molecule has 1 N–H and O–H groups in total. The first-order valence-corrected chi connectivity index (χ1v) is 9.77. The molecule has 1 aromatic heterocycles. The molecule has 31 heavy (non-hydrogen) atoms. The zero-order chi connectivity index (χ0) is 22.2. The van der Waals surface area contributed by atoms with Gasteiger partial charge in [-0.15, -0.1) is 0 Å². The number of benzene rings is 2. The van der Waals surface area contributed by atoms with Gasteiger partial charge >= 0.3 is 5.97 Å². The number of aromatic nitrogens is 2. The quantitative estimate of drug-likeness (QED) is 0.343. The fraction of sp³-hybridized carbons (Fsp3) is 0.167. The maximum atomic E-state index is 12.3. The topological polar surface area (TPSA) is 90.3 Å². The number of esters is 1. The van der Waals surface area contributed by atoms with Gasteiger partial charge in [-0.25, -0.2) is 4.79 Å². The zero-order valence-electron chi connectivity index (χ0n) is 17.3. The average molecular weight is 417 g/mol. The summed E-state index contributed by atoms with van der Waals surface area (Å²) >= 11 is 0. The van der Waals surface area contributed by atoms with Crippen molar-refractivity contribution in [2.24, 2.45) is 0 Å². The van der Waals surface area contributed by atoms with Crippen LogP contribution in [0.2, 0.25) is 0 Å². The van der Waals surface area contributed by atoms with Gasteiger partial charge in [-0.2, -0.15) is 5.10 Å². The number of anilines is 1. The van der Waals surface area contributed by atoms with E-state index in [9.17, 15) is 14.4 Å². The summed E-state index contributed by atoms with van der Waals surface area (Å²) in [6.45, 7) is 3.55. The standard InChI is InChI=1S/C24H23N3O4/c1-17(28)21-9-6-10-22(13-21)26-24(30)18(2)31-23(29)12-11-20-14-25-27(16-20)15-19-7-4-3-5-8-19/h3-14,16,18H,15H2,1-2H3,(H,26,30)/b12-11+/t18-/m0/s1. The van der Waals surface area contributed by atoms with Gasteiger partial charge in [0, 0.05) is 29.1 Å². The summed E-state index contributed by atoms with van der Waals surface area (Å²) in [6, 6.07) is 16.5. The molecule has 158 valence electrons. The molecule has 3 aromatic rings. The zero-order valence-corrected chi connectivity index (χ0v) is 17.3. The van der Waals surface area contributed by atoms with E-state index in [0.29, 0.717) is 17.8 Å². The summed E-state index contributed by atoms with van der Waals surface area (Å²) in [5.74, 6) is -1.23. The molecule has 7 heteroatoms. The van der Waals surface area contributed by atoms with Gasteiger partial charge in [0.1, 0.15) is 0 Å². The summed E-state index contributed by atoms with van der Waals surface area (Å²) in [7, 11) is 0. The van der Waals surface area contributed by atoms with Gasteiger partial charge in [0.15, 0.2) is 11.9 Å². The van der Waals surface area contributed by atoms with Crippen molar-refractivity contribution in [1.29, 1.82) is 0 Å². The lowest BCUT2D eigenvalue weighted by Crippen LogP contribution is -2.29. The number of hydrogen-bond donors (Lipinski definition) is 1. The lowest BCUT2D eigenvalue weighted by Gasteiger charge is -2.12. The molecule has 0 unspecified atom stereocenters. The van der Waals surface area contributed by atoms with Gasteiger partial charge in [-0.05, 0) is 37.6 Å². The van der Waals surface area contributed by atoms with E-state index in [1.165, 1.54) is 19.9 Å². The van der Waals surface area contributed by atoms with Crippen molar-refractivity contribution in [3.05, 3.63) is 89.8 Å². The lowest BCUT2D eigenvalue weighted by molar-refractivity contribution is -0.148. The summed E-state index contributed by atoms with van der Waals surface area (Å²) in [6.07, 6.45) is 5.29. The van der Waals surface area contributed by atoms with Gasteiger partial charge in [0.25, 0.3) is 5.91 Å². The molecule has 1 atom stereocenters. The number of amides is 1. The molecule has 0 aliphatic carbocycles. The second-order valence-corrected chi connectivity index (χ2v) is 7.00. The summed E-state index contributed by atoms with van der Waals surface area (Å²) < 4.78 is 6.92. The van der Waals surface area contributed by atoms with E-state index in [-0.39, 0.29) is 5.78 Å². The molecule has 0 saturated heterocycles. The third kappa shape index (κ3) is 6.50. The molecular weight excluding hydrogens is 394 g/mol. The van der Waals surface area contributed by atoms with Crippen LogP contribution in [-0.2, 0) is 20.9 Å². The van der Waals surface area contributed by atoms with Crippen LogP contribution in [0.5, 0.6) is 0 Å². The fourth-order valence-corrected chi connectivity index (χ4v) is 2.81. The molecular formula is C24H23N3O4. The Balaban J connectivity index is 1.51. The number of carbonyl (C=O) groups excluding carboxylic acids is 3. The Kier molecular flexibility index (Phi) is 7.11. The molecule has 7 nitrogen and oxygen atoms in total. The van der Waals surface area contributed by atoms with Crippen molar-refractivity contribution < 1.29 is 19.1 Å². The van der Waals surface area contributed by atoms with E-state index in [2.05, 4.69) is 10.4 Å². The smallest absolute Gasteiger partial charge is 0.331 e. The molecule has 1 amide bonds. The predicted molar refractivity (Wildman–Crippen MR) is 117 cm³/mol. The van der Waals surface area contributed by atoms with Crippen molar-refractivity contribution >= 4 is 29.4 Å². The molecule has 3 rings (SSSR count). The summed E-state index contributed by atoms with van der Waals surface area (Å²) in [5, 5.41) is 6.91. The van der Waals surface area contributed by atoms with Crippen molar-refractivity contribution in [2.45, 2.75) is 26.5 Å². The Bertz CT molecular complexity index is 1100. The maximum absolute atomic E-state index is 12.3. The Morgan fingerprint density at radius 3 is 2.65 bits per heavy atom. The van der Waals surface area contributed by atoms with Crippen LogP contribution in [-0.4, -0.2) is 33.5 Å². The van der Waals surface area contributed by atoms with Crippen LogP contribution >= 0.6 is 0 Å². The van der Waals surface area contributed by atoms with Crippen LogP contribution < -0.4 is 5.32 Å². The molecule has 0 bridgehead atoms. The monoisotopic (exact) mass is 417 g/mol. The molecule has 2 aromatic carbocycles. The number of Topliss-reactive ketones (excluding diaryl/α,β-unsaturated/α-hetero) is 1. The van der Waals surface area contributed by atoms with Gasteiger partial charge in [0.2, 0.25) is 0 Å². The van der Waals surface area contributed by atoms with Crippen LogP contribution in [0.3, 0.4) is 0 Å². The Morgan fingerprint density at radius 2 is 1.90 bits per heavy atom. The minimum absolute atomic E-state index is 0.104. The van der Waals surface area contributed by atoms with Crippen molar-refractivity contribution in [3.63, 3.8) is 0 Å². The first kappa shape index (κ1) is 21.7.